The van der Waals surface area contributed by atoms with Gasteiger partial charge in [0.1, 0.15) is 0 Å². The highest BCUT2D eigenvalue weighted by Gasteiger charge is 2.17. The predicted octanol–water partition coefficient (Wildman–Crippen LogP) is 0.186. The van der Waals surface area contributed by atoms with Gasteiger partial charge in [0.2, 0.25) is 5.95 Å². The van der Waals surface area contributed by atoms with E-state index in [4.69, 9.17) is 10.5 Å². The molecule has 1 aliphatic rings. The zero-order valence-electron chi connectivity index (χ0n) is 8.21. The van der Waals surface area contributed by atoms with Gasteiger partial charge < -0.3 is 15.8 Å². The molecule has 0 aliphatic carbocycles. The molecule has 0 saturated carbocycles. The average molecular weight is 194 g/mol. The molecule has 0 saturated heterocycles. The summed E-state index contributed by atoms with van der Waals surface area (Å²) in [6.45, 7) is 4.48. The molecular weight excluding hydrogens is 180 g/mol. The van der Waals surface area contributed by atoms with Gasteiger partial charge in [-0.05, 0) is 6.92 Å². The first-order chi connectivity index (χ1) is 6.81. The van der Waals surface area contributed by atoms with Gasteiger partial charge in [-0.15, -0.1) is 0 Å². The van der Waals surface area contributed by atoms with Crippen molar-refractivity contribution >= 4 is 5.95 Å². The molecule has 0 atom stereocenters. The Bertz CT molecular complexity index is 340. The number of rotatable bonds is 3. The molecule has 0 aromatic carbocycles. The average Bonchev–Trinajstić information content (AvgIpc) is 2.63. The third-order valence-corrected chi connectivity index (χ3v) is 2.21. The smallest absolute Gasteiger partial charge is 0.223 e. The summed E-state index contributed by atoms with van der Waals surface area (Å²) in [4.78, 5) is 8.67. The van der Waals surface area contributed by atoms with E-state index in [1.54, 1.807) is 0 Å². The monoisotopic (exact) mass is 194 g/mol. The number of aromatic nitrogens is 2. The van der Waals surface area contributed by atoms with Gasteiger partial charge >= 0.3 is 0 Å². The quantitative estimate of drug-likeness (QED) is 0.718. The van der Waals surface area contributed by atoms with Crippen molar-refractivity contribution in [3.8, 4) is 0 Å². The predicted molar refractivity (Wildman–Crippen MR) is 52.8 cm³/mol. The van der Waals surface area contributed by atoms with Crippen molar-refractivity contribution in [2.45, 2.75) is 20.1 Å². The largest absolute Gasteiger partial charge is 0.370 e. The van der Waals surface area contributed by atoms with Crippen LogP contribution in [0.2, 0.25) is 0 Å². The number of aryl methyl sites for hydroxylation is 1. The summed E-state index contributed by atoms with van der Waals surface area (Å²) in [5, 5.41) is 3.06. The molecule has 14 heavy (non-hydrogen) atoms. The summed E-state index contributed by atoms with van der Waals surface area (Å²) in [6.07, 6.45) is 0. The molecule has 1 aromatic heterocycles. The first-order valence-electron chi connectivity index (χ1n) is 4.69. The van der Waals surface area contributed by atoms with E-state index in [1.807, 2.05) is 6.92 Å². The van der Waals surface area contributed by atoms with Crippen molar-refractivity contribution in [1.29, 1.82) is 0 Å². The van der Waals surface area contributed by atoms with Crippen LogP contribution in [0.15, 0.2) is 0 Å². The number of nitrogens with one attached hydrogen (secondary N) is 1. The zero-order chi connectivity index (χ0) is 9.97. The van der Waals surface area contributed by atoms with Crippen molar-refractivity contribution in [1.82, 2.24) is 9.97 Å². The van der Waals surface area contributed by atoms with Crippen LogP contribution in [-0.4, -0.2) is 23.1 Å². The van der Waals surface area contributed by atoms with E-state index in [-0.39, 0.29) is 0 Å². The fraction of sp³-hybridized carbons (Fsp3) is 0.556. The van der Waals surface area contributed by atoms with Crippen molar-refractivity contribution in [3.05, 3.63) is 17.0 Å². The van der Waals surface area contributed by atoms with Crippen LogP contribution < -0.4 is 11.1 Å². The topological polar surface area (TPSA) is 73.1 Å². The van der Waals surface area contributed by atoms with Crippen LogP contribution in [0, 0.1) is 6.92 Å². The molecule has 5 nitrogen and oxygen atoms in total. The first kappa shape index (κ1) is 9.36. The molecule has 76 valence electrons. The van der Waals surface area contributed by atoms with Crippen LogP contribution in [0.3, 0.4) is 0 Å². The van der Waals surface area contributed by atoms with E-state index >= 15 is 0 Å². The van der Waals surface area contributed by atoms with Gasteiger partial charge in [0.25, 0.3) is 0 Å². The van der Waals surface area contributed by atoms with Gasteiger partial charge in [-0.25, -0.2) is 9.97 Å². The lowest BCUT2D eigenvalue weighted by Gasteiger charge is -2.06. The van der Waals surface area contributed by atoms with Crippen molar-refractivity contribution in [3.63, 3.8) is 0 Å². The van der Waals surface area contributed by atoms with E-state index < -0.39 is 0 Å². The maximum absolute atomic E-state index is 5.38. The lowest BCUT2D eigenvalue weighted by Crippen LogP contribution is -2.15. The number of nitrogens with two attached hydrogens (primary N) is 1. The second kappa shape index (κ2) is 3.89. The minimum atomic E-state index is 0.579. The summed E-state index contributed by atoms with van der Waals surface area (Å²) in [5.41, 5.74) is 8.50. The van der Waals surface area contributed by atoms with Crippen LogP contribution in [0.5, 0.6) is 0 Å². The zero-order valence-corrected chi connectivity index (χ0v) is 8.21. The van der Waals surface area contributed by atoms with Crippen LogP contribution in [0.1, 0.15) is 17.0 Å². The Balaban J connectivity index is 2.23. The minimum absolute atomic E-state index is 0.579. The maximum Gasteiger partial charge on any atom is 0.223 e. The first-order valence-corrected chi connectivity index (χ1v) is 4.69. The molecule has 0 spiro atoms. The Morgan fingerprint density at radius 3 is 3.07 bits per heavy atom. The highest BCUT2D eigenvalue weighted by molar-refractivity contribution is 5.35. The Kier molecular flexibility index (Phi) is 2.60. The second-order valence-electron chi connectivity index (χ2n) is 3.27. The van der Waals surface area contributed by atoms with Crippen LogP contribution in [0.25, 0.3) is 0 Å². The minimum Gasteiger partial charge on any atom is -0.370 e. The Hall–Kier alpha value is -1.20. The van der Waals surface area contributed by atoms with Gasteiger partial charge in [-0.1, -0.05) is 0 Å². The van der Waals surface area contributed by atoms with Crippen molar-refractivity contribution in [2.75, 3.05) is 18.4 Å². The number of ether oxygens (including phenoxy) is 1. The Morgan fingerprint density at radius 1 is 1.43 bits per heavy atom. The van der Waals surface area contributed by atoms with Gasteiger partial charge in [0, 0.05) is 24.3 Å². The van der Waals surface area contributed by atoms with E-state index in [0.717, 1.165) is 17.0 Å². The highest BCUT2D eigenvalue weighted by Crippen LogP contribution is 2.21. The third-order valence-electron chi connectivity index (χ3n) is 2.21. The van der Waals surface area contributed by atoms with Gasteiger partial charge in [-0.3, -0.25) is 0 Å². The number of hydrogen-bond donors (Lipinski definition) is 2. The lowest BCUT2D eigenvalue weighted by molar-refractivity contribution is 0.133. The number of nitrogens with zero attached hydrogens (tertiary/aromatic N) is 2. The summed E-state index contributed by atoms with van der Waals surface area (Å²) in [5.74, 6) is 0.650. The van der Waals surface area contributed by atoms with Crippen molar-refractivity contribution in [2.24, 2.45) is 5.73 Å². The molecule has 0 radical (unpaired) electrons. The van der Waals surface area contributed by atoms with E-state index in [9.17, 15) is 0 Å². The molecule has 1 aromatic rings. The SMILES string of the molecule is Cc1nc(NCCN)nc2c1COC2. The van der Waals surface area contributed by atoms with Crippen LogP contribution in [0.4, 0.5) is 5.95 Å². The Labute approximate surface area is 82.7 Å². The fourth-order valence-electron chi connectivity index (χ4n) is 1.48. The standard InChI is InChI=1S/C9H14N4O/c1-6-7-4-14-5-8(7)13-9(12-6)11-3-2-10/h2-5,10H2,1H3,(H,11,12,13). The number of hydrogen-bond acceptors (Lipinski definition) is 5. The molecule has 3 N–H and O–H groups in total. The molecule has 1 aliphatic heterocycles. The van der Waals surface area contributed by atoms with Gasteiger partial charge in [-0.2, -0.15) is 0 Å². The highest BCUT2D eigenvalue weighted by atomic mass is 16.5. The Morgan fingerprint density at radius 2 is 2.29 bits per heavy atom. The second-order valence-corrected chi connectivity index (χ2v) is 3.27. The van der Waals surface area contributed by atoms with E-state index in [0.29, 0.717) is 32.3 Å². The summed E-state index contributed by atoms with van der Waals surface area (Å²) < 4.78 is 5.30. The molecule has 2 rings (SSSR count). The van der Waals surface area contributed by atoms with Crippen LogP contribution in [-0.2, 0) is 18.0 Å². The molecule has 2 heterocycles. The molecule has 0 unspecified atom stereocenters. The number of anilines is 1. The van der Waals surface area contributed by atoms with Crippen molar-refractivity contribution < 1.29 is 4.74 Å². The molecular formula is C9H14N4O. The van der Waals surface area contributed by atoms with E-state index in [1.165, 1.54) is 0 Å². The summed E-state index contributed by atoms with van der Waals surface area (Å²) in [7, 11) is 0. The van der Waals surface area contributed by atoms with Gasteiger partial charge in [0.05, 0.1) is 18.9 Å². The molecule has 5 heteroatoms. The van der Waals surface area contributed by atoms with Crippen LogP contribution >= 0.6 is 0 Å². The summed E-state index contributed by atoms with van der Waals surface area (Å²) >= 11 is 0. The van der Waals surface area contributed by atoms with Gasteiger partial charge in [0.15, 0.2) is 0 Å². The molecule has 0 amide bonds. The number of fused-ring (bicyclic) bond motifs is 1. The molecule has 0 bridgehead atoms. The summed E-state index contributed by atoms with van der Waals surface area (Å²) in [6, 6.07) is 0. The normalized spacial score (nSPS) is 14.1. The maximum atomic E-state index is 5.38. The lowest BCUT2D eigenvalue weighted by atomic mass is 10.2. The third kappa shape index (κ3) is 1.69. The molecule has 0 fully saturated rings. The van der Waals surface area contributed by atoms with E-state index in [2.05, 4.69) is 15.3 Å². The fourth-order valence-corrected chi connectivity index (χ4v) is 1.48.